The lowest BCUT2D eigenvalue weighted by molar-refractivity contribution is 0.275. The van der Waals surface area contributed by atoms with Gasteiger partial charge in [-0.25, -0.2) is 4.98 Å². The second-order valence-corrected chi connectivity index (χ2v) is 4.66. The summed E-state index contributed by atoms with van der Waals surface area (Å²) in [7, 11) is 1.98. The Hall–Kier alpha value is -0.520. The van der Waals surface area contributed by atoms with Crippen LogP contribution in [0.5, 0.6) is 0 Å². The summed E-state index contributed by atoms with van der Waals surface area (Å²) in [6, 6.07) is 0.279. The van der Waals surface area contributed by atoms with E-state index in [0.717, 1.165) is 12.4 Å². The Morgan fingerprint density at radius 1 is 1.67 bits per heavy atom. The molecule has 4 nitrogen and oxygen atoms in total. The summed E-state index contributed by atoms with van der Waals surface area (Å²) in [4.78, 5) is 4.23. The van der Waals surface area contributed by atoms with Crippen LogP contribution in [0.2, 0.25) is 0 Å². The molecular weight excluding hydrogens is 210 g/mol. The van der Waals surface area contributed by atoms with Crippen molar-refractivity contribution in [3.8, 4) is 0 Å². The quantitative estimate of drug-likeness (QED) is 0.751. The van der Waals surface area contributed by atoms with Crippen LogP contribution in [0.1, 0.15) is 12.7 Å². The Labute approximate surface area is 95.1 Å². The monoisotopic (exact) mass is 229 g/mol. The summed E-state index contributed by atoms with van der Waals surface area (Å²) in [5, 5.41) is 12.7. The third kappa shape index (κ3) is 3.52. The van der Waals surface area contributed by atoms with Crippen molar-refractivity contribution in [3.05, 3.63) is 18.2 Å². The summed E-state index contributed by atoms with van der Waals surface area (Å²) in [6.45, 7) is 3.03. The van der Waals surface area contributed by atoms with Crippen molar-refractivity contribution < 1.29 is 5.11 Å². The molecule has 2 atom stereocenters. The van der Waals surface area contributed by atoms with Crippen LogP contribution >= 0.6 is 11.8 Å². The first-order valence-electron chi connectivity index (χ1n) is 5.02. The zero-order valence-corrected chi connectivity index (χ0v) is 10.3. The molecule has 0 aliphatic carbocycles. The van der Waals surface area contributed by atoms with E-state index >= 15 is 0 Å². The van der Waals surface area contributed by atoms with E-state index in [2.05, 4.69) is 17.2 Å². The van der Waals surface area contributed by atoms with Gasteiger partial charge in [0.15, 0.2) is 0 Å². The van der Waals surface area contributed by atoms with E-state index in [1.54, 1.807) is 18.0 Å². The second-order valence-electron chi connectivity index (χ2n) is 3.58. The van der Waals surface area contributed by atoms with E-state index in [4.69, 9.17) is 5.11 Å². The van der Waals surface area contributed by atoms with E-state index in [0.29, 0.717) is 0 Å². The zero-order valence-electron chi connectivity index (χ0n) is 9.47. The number of nitrogens with zero attached hydrogens (tertiary/aromatic N) is 2. The van der Waals surface area contributed by atoms with Gasteiger partial charge in [0, 0.05) is 30.7 Å². The molecule has 2 N–H and O–H groups in total. The van der Waals surface area contributed by atoms with Gasteiger partial charge in [-0.2, -0.15) is 11.8 Å². The predicted molar refractivity (Wildman–Crippen MR) is 63.9 cm³/mol. The molecule has 1 rings (SSSR count). The van der Waals surface area contributed by atoms with Gasteiger partial charge in [0.25, 0.3) is 0 Å². The van der Waals surface area contributed by atoms with Crippen LogP contribution in [0.15, 0.2) is 12.4 Å². The van der Waals surface area contributed by atoms with Crippen LogP contribution < -0.4 is 5.32 Å². The Bertz CT molecular complexity index is 286. The van der Waals surface area contributed by atoms with Crippen molar-refractivity contribution >= 4 is 11.8 Å². The molecule has 5 heteroatoms. The Balaban J connectivity index is 2.40. The Morgan fingerprint density at radius 3 is 2.87 bits per heavy atom. The molecular formula is C10H19N3OS. The fourth-order valence-electron chi connectivity index (χ4n) is 1.39. The molecule has 86 valence electrons. The standard InChI is InChI=1S/C10H19N3OS/c1-8(9(7-14)15-3)12-6-10-11-4-5-13(10)2/h4-5,8-9,12,14H,6-7H2,1-3H3. The predicted octanol–water partition coefficient (Wildman–Crippen LogP) is 0.622. The van der Waals surface area contributed by atoms with E-state index in [9.17, 15) is 0 Å². The van der Waals surface area contributed by atoms with Gasteiger partial charge >= 0.3 is 0 Å². The minimum Gasteiger partial charge on any atom is -0.395 e. The van der Waals surface area contributed by atoms with E-state index in [-0.39, 0.29) is 17.9 Å². The number of hydrogen-bond acceptors (Lipinski definition) is 4. The van der Waals surface area contributed by atoms with Crippen molar-refractivity contribution in [3.63, 3.8) is 0 Å². The normalized spacial score (nSPS) is 15.2. The van der Waals surface area contributed by atoms with E-state index < -0.39 is 0 Å². The van der Waals surface area contributed by atoms with Crippen molar-refractivity contribution in [1.29, 1.82) is 0 Å². The lowest BCUT2D eigenvalue weighted by atomic mass is 10.2. The summed E-state index contributed by atoms with van der Waals surface area (Å²) >= 11 is 1.68. The van der Waals surface area contributed by atoms with Crippen molar-refractivity contribution in [1.82, 2.24) is 14.9 Å². The van der Waals surface area contributed by atoms with Crippen LogP contribution in [0, 0.1) is 0 Å². The number of aromatic nitrogens is 2. The number of aryl methyl sites for hydroxylation is 1. The highest BCUT2D eigenvalue weighted by molar-refractivity contribution is 7.99. The molecule has 2 unspecified atom stereocenters. The maximum atomic E-state index is 9.13. The average Bonchev–Trinajstić information content (AvgIpc) is 2.63. The molecule has 0 aliphatic heterocycles. The first kappa shape index (κ1) is 12.5. The highest BCUT2D eigenvalue weighted by Gasteiger charge is 2.14. The third-order valence-electron chi connectivity index (χ3n) is 2.54. The largest absolute Gasteiger partial charge is 0.395 e. The van der Waals surface area contributed by atoms with Gasteiger partial charge in [-0.3, -0.25) is 0 Å². The lowest BCUT2D eigenvalue weighted by Crippen LogP contribution is -2.37. The van der Waals surface area contributed by atoms with Crippen LogP contribution in [-0.4, -0.2) is 38.8 Å². The smallest absolute Gasteiger partial charge is 0.122 e. The third-order valence-corrected chi connectivity index (χ3v) is 3.71. The maximum Gasteiger partial charge on any atom is 0.122 e. The SMILES string of the molecule is CSC(CO)C(C)NCc1nccn1C. The molecule has 0 bridgehead atoms. The van der Waals surface area contributed by atoms with Gasteiger partial charge in [-0.05, 0) is 13.2 Å². The van der Waals surface area contributed by atoms with E-state index in [1.807, 2.05) is 24.1 Å². The molecule has 1 heterocycles. The molecule has 1 aromatic heterocycles. The molecule has 0 radical (unpaired) electrons. The summed E-state index contributed by atoms with van der Waals surface area (Å²) in [5.41, 5.74) is 0. The van der Waals surface area contributed by atoms with Gasteiger partial charge in [0.1, 0.15) is 5.82 Å². The molecule has 0 aromatic carbocycles. The Kier molecular flexibility index (Phi) is 5.14. The summed E-state index contributed by atoms with van der Waals surface area (Å²) < 4.78 is 1.99. The van der Waals surface area contributed by atoms with E-state index in [1.165, 1.54) is 0 Å². The molecule has 1 aromatic rings. The van der Waals surface area contributed by atoms with Crippen LogP contribution in [0.25, 0.3) is 0 Å². The Morgan fingerprint density at radius 2 is 2.40 bits per heavy atom. The minimum atomic E-state index is 0.204. The molecule has 15 heavy (non-hydrogen) atoms. The zero-order chi connectivity index (χ0) is 11.3. The number of hydrogen-bond donors (Lipinski definition) is 2. The topological polar surface area (TPSA) is 50.1 Å². The average molecular weight is 229 g/mol. The van der Waals surface area contributed by atoms with Gasteiger partial charge in [-0.1, -0.05) is 0 Å². The first-order valence-corrected chi connectivity index (χ1v) is 6.31. The maximum absolute atomic E-state index is 9.13. The highest BCUT2D eigenvalue weighted by Crippen LogP contribution is 2.10. The number of nitrogens with one attached hydrogen (secondary N) is 1. The number of imidazole rings is 1. The van der Waals surface area contributed by atoms with Crippen molar-refractivity contribution in [2.24, 2.45) is 7.05 Å². The van der Waals surface area contributed by atoms with Crippen LogP contribution in [0.4, 0.5) is 0 Å². The molecule has 0 aliphatic rings. The number of thioether (sulfide) groups is 1. The fourth-order valence-corrected chi connectivity index (χ4v) is 2.04. The molecule has 0 amide bonds. The second kappa shape index (κ2) is 6.15. The van der Waals surface area contributed by atoms with Crippen LogP contribution in [-0.2, 0) is 13.6 Å². The van der Waals surface area contributed by atoms with Crippen molar-refractivity contribution in [2.75, 3.05) is 12.9 Å². The van der Waals surface area contributed by atoms with Gasteiger partial charge in [0.2, 0.25) is 0 Å². The number of rotatable bonds is 6. The fraction of sp³-hybridized carbons (Fsp3) is 0.700. The van der Waals surface area contributed by atoms with Gasteiger partial charge in [0.05, 0.1) is 13.2 Å². The number of aliphatic hydroxyl groups is 1. The molecule has 0 saturated heterocycles. The van der Waals surface area contributed by atoms with Crippen LogP contribution in [0.3, 0.4) is 0 Å². The van der Waals surface area contributed by atoms with Gasteiger partial charge < -0.3 is 15.0 Å². The first-order chi connectivity index (χ1) is 7.19. The molecule has 0 fully saturated rings. The molecule has 0 saturated carbocycles. The van der Waals surface area contributed by atoms with Gasteiger partial charge in [-0.15, -0.1) is 0 Å². The minimum absolute atomic E-state index is 0.204. The highest BCUT2D eigenvalue weighted by atomic mass is 32.2. The van der Waals surface area contributed by atoms with Crippen molar-refractivity contribution in [2.45, 2.75) is 24.8 Å². The summed E-state index contributed by atoms with van der Waals surface area (Å²) in [6.07, 6.45) is 5.74. The number of aliphatic hydroxyl groups excluding tert-OH is 1. The summed E-state index contributed by atoms with van der Waals surface area (Å²) in [5.74, 6) is 1.01. The molecule has 0 spiro atoms. The lowest BCUT2D eigenvalue weighted by Gasteiger charge is -2.21.